The van der Waals surface area contributed by atoms with E-state index in [-0.39, 0.29) is 0 Å². The molecule has 0 saturated heterocycles. The Balaban J connectivity index is 1.51. The lowest BCUT2D eigenvalue weighted by atomic mass is 9.89. The van der Waals surface area contributed by atoms with Gasteiger partial charge < -0.3 is 11.1 Å². The van der Waals surface area contributed by atoms with Gasteiger partial charge in [0.1, 0.15) is 10.8 Å². The van der Waals surface area contributed by atoms with Crippen LogP contribution < -0.4 is 11.1 Å². The van der Waals surface area contributed by atoms with Crippen molar-refractivity contribution in [3.63, 3.8) is 0 Å². The summed E-state index contributed by atoms with van der Waals surface area (Å²) in [5.74, 6) is 3.37. The molecular formula is C15H20N4S2. The van der Waals surface area contributed by atoms with E-state index in [0.717, 1.165) is 45.6 Å². The van der Waals surface area contributed by atoms with Gasteiger partial charge in [-0.2, -0.15) is 4.37 Å². The number of hydrogen-bond donors (Lipinski definition) is 2. The predicted molar refractivity (Wildman–Crippen MR) is 89.8 cm³/mol. The largest absolute Gasteiger partial charge is 0.382 e. The fourth-order valence-corrected chi connectivity index (χ4v) is 5.33. The van der Waals surface area contributed by atoms with E-state index in [1.165, 1.54) is 37.2 Å². The zero-order valence-corrected chi connectivity index (χ0v) is 13.8. The molecular weight excluding hydrogens is 300 g/mol. The van der Waals surface area contributed by atoms with Crippen LogP contribution in [0.2, 0.25) is 0 Å². The minimum absolute atomic E-state index is 0.598. The van der Waals surface area contributed by atoms with Crippen LogP contribution in [0.1, 0.15) is 30.7 Å². The van der Waals surface area contributed by atoms with Crippen molar-refractivity contribution in [1.82, 2.24) is 9.36 Å². The number of nitrogens with zero attached hydrogens (tertiary/aromatic N) is 2. The van der Waals surface area contributed by atoms with Gasteiger partial charge in [-0.15, -0.1) is 11.3 Å². The Morgan fingerprint density at radius 1 is 1.38 bits per heavy atom. The summed E-state index contributed by atoms with van der Waals surface area (Å²) in [5, 5.41) is 7.83. The molecule has 21 heavy (non-hydrogen) atoms. The number of nitrogen functional groups attached to an aromatic ring is 1. The van der Waals surface area contributed by atoms with Crippen LogP contribution in [0.15, 0.2) is 5.38 Å². The number of anilines is 2. The molecule has 2 heterocycles. The molecule has 4 nitrogen and oxygen atoms in total. The third-order valence-corrected chi connectivity index (χ3v) is 6.60. The van der Waals surface area contributed by atoms with Gasteiger partial charge in [-0.05, 0) is 55.5 Å². The summed E-state index contributed by atoms with van der Waals surface area (Å²) in [6.45, 7) is 3.07. The Morgan fingerprint density at radius 3 is 2.95 bits per heavy atom. The van der Waals surface area contributed by atoms with Gasteiger partial charge in [-0.3, -0.25) is 0 Å². The molecule has 0 aromatic carbocycles. The molecule has 4 rings (SSSR count). The number of aryl methyl sites for hydroxylation is 1. The standard InChI is InChI=1S/C15H20N4S2/c1-8-18-12(7-20-8)13-14(16)19-21-15(13)17-6-11-5-9-2-3-10(11)4-9/h7,9-11,17H,2-6H2,1H3,(H2,16,19). The summed E-state index contributed by atoms with van der Waals surface area (Å²) in [4.78, 5) is 4.56. The van der Waals surface area contributed by atoms with Gasteiger partial charge in [0.25, 0.3) is 0 Å². The highest BCUT2D eigenvalue weighted by Gasteiger charge is 2.39. The number of fused-ring (bicyclic) bond motifs is 2. The van der Waals surface area contributed by atoms with Gasteiger partial charge in [-0.25, -0.2) is 4.98 Å². The molecule has 3 unspecified atom stereocenters. The molecule has 0 amide bonds. The van der Waals surface area contributed by atoms with Crippen molar-refractivity contribution in [3.8, 4) is 11.3 Å². The number of hydrogen-bond acceptors (Lipinski definition) is 6. The fraction of sp³-hybridized carbons (Fsp3) is 0.600. The van der Waals surface area contributed by atoms with Crippen LogP contribution in [0.3, 0.4) is 0 Å². The molecule has 2 aliphatic rings. The average Bonchev–Trinajstić information content (AvgIpc) is 3.21. The second-order valence-electron chi connectivity index (χ2n) is 6.34. The first-order valence-corrected chi connectivity index (χ1v) is 9.27. The number of rotatable bonds is 4. The van der Waals surface area contributed by atoms with Gasteiger partial charge in [0.2, 0.25) is 0 Å². The second-order valence-corrected chi connectivity index (χ2v) is 8.18. The van der Waals surface area contributed by atoms with Gasteiger partial charge in [0.15, 0.2) is 0 Å². The Morgan fingerprint density at radius 2 is 2.29 bits per heavy atom. The molecule has 6 heteroatoms. The summed E-state index contributed by atoms with van der Waals surface area (Å²) < 4.78 is 4.32. The van der Waals surface area contributed by atoms with E-state index in [9.17, 15) is 0 Å². The van der Waals surface area contributed by atoms with E-state index in [1.807, 2.05) is 6.92 Å². The first-order chi connectivity index (χ1) is 10.2. The maximum Gasteiger partial charge on any atom is 0.148 e. The van der Waals surface area contributed by atoms with Gasteiger partial charge in [0.05, 0.1) is 16.3 Å². The van der Waals surface area contributed by atoms with E-state index in [1.54, 1.807) is 11.3 Å². The van der Waals surface area contributed by atoms with E-state index in [2.05, 4.69) is 20.1 Å². The van der Waals surface area contributed by atoms with Crippen molar-refractivity contribution in [2.24, 2.45) is 17.8 Å². The first-order valence-electron chi connectivity index (χ1n) is 7.62. The smallest absolute Gasteiger partial charge is 0.148 e. The molecule has 2 bridgehead atoms. The molecule has 0 aliphatic heterocycles. The Labute approximate surface area is 133 Å². The Hall–Kier alpha value is -1.14. The van der Waals surface area contributed by atoms with E-state index in [4.69, 9.17) is 5.73 Å². The van der Waals surface area contributed by atoms with Crippen molar-refractivity contribution in [1.29, 1.82) is 0 Å². The quantitative estimate of drug-likeness (QED) is 0.893. The van der Waals surface area contributed by atoms with Crippen LogP contribution in [0.4, 0.5) is 10.8 Å². The van der Waals surface area contributed by atoms with Crippen molar-refractivity contribution < 1.29 is 0 Å². The number of thiazole rings is 1. The van der Waals surface area contributed by atoms with Crippen LogP contribution in [0, 0.1) is 24.7 Å². The predicted octanol–water partition coefficient (Wildman–Crippen LogP) is 4.01. The highest BCUT2D eigenvalue weighted by molar-refractivity contribution is 7.11. The van der Waals surface area contributed by atoms with E-state index in [0.29, 0.717) is 5.82 Å². The highest BCUT2D eigenvalue weighted by Crippen LogP contribution is 2.48. The van der Waals surface area contributed by atoms with Crippen molar-refractivity contribution in [2.45, 2.75) is 32.6 Å². The fourth-order valence-electron chi connectivity index (χ4n) is 4.00. The summed E-state index contributed by atoms with van der Waals surface area (Å²) >= 11 is 3.12. The number of nitrogens with one attached hydrogen (secondary N) is 1. The molecule has 3 N–H and O–H groups in total. The Kier molecular flexibility index (Phi) is 3.38. The van der Waals surface area contributed by atoms with Crippen molar-refractivity contribution >= 4 is 33.7 Å². The molecule has 2 aromatic heterocycles. The summed E-state index contributed by atoms with van der Waals surface area (Å²) in [6, 6.07) is 0. The first kappa shape index (κ1) is 13.5. The minimum atomic E-state index is 0.598. The lowest BCUT2D eigenvalue weighted by Gasteiger charge is -2.22. The minimum Gasteiger partial charge on any atom is -0.382 e. The van der Waals surface area contributed by atoms with Gasteiger partial charge >= 0.3 is 0 Å². The highest BCUT2D eigenvalue weighted by atomic mass is 32.1. The van der Waals surface area contributed by atoms with Crippen molar-refractivity contribution in [2.75, 3.05) is 17.6 Å². The third-order valence-electron chi connectivity index (χ3n) is 5.00. The molecule has 0 spiro atoms. The van der Waals surface area contributed by atoms with Crippen LogP contribution in [-0.4, -0.2) is 15.9 Å². The van der Waals surface area contributed by atoms with E-state index < -0.39 is 0 Å². The van der Waals surface area contributed by atoms with Gasteiger partial charge in [-0.1, -0.05) is 6.42 Å². The average molecular weight is 320 g/mol. The molecule has 2 aromatic rings. The van der Waals surface area contributed by atoms with Crippen LogP contribution in [0.5, 0.6) is 0 Å². The van der Waals surface area contributed by atoms with E-state index >= 15 is 0 Å². The Bertz CT molecular complexity index is 648. The summed E-state index contributed by atoms with van der Waals surface area (Å²) in [5.41, 5.74) is 8.00. The number of nitrogens with two attached hydrogens (primary N) is 1. The lowest BCUT2D eigenvalue weighted by Crippen LogP contribution is -2.19. The molecule has 112 valence electrons. The summed E-state index contributed by atoms with van der Waals surface area (Å²) in [6.07, 6.45) is 5.74. The molecule has 3 atom stereocenters. The molecule has 2 fully saturated rings. The SMILES string of the molecule is Cc1nc(-c2c(N)nsc2NCC2CC3CCC2C3)cs1. The second kappa shape index (κ2) is 5.25. The zero-order valence-electron chi connectivity index (χ0n) is 12.1. The lowest BCUT2D eigenvalue weighted by molar-refractivity contribution is 0.348. The molecule has 2 saturated carbocycles. The zero-order chi connectivity index (χ0) is 14.4. The van der Waals surface area contributed by atoms with Crippen LogP contribution >= 0.6 is 22.9 Å². The topological polar surface area (TPSA) is 63.8 Å². The molecule has 0 radical (unpaired) electrons. The van der Waals surface area contributed by atoms with Crippen LogP contribution in [0.25, 0.3) is 11.3 Å². The maximum absolute atomic E-state index is 6.05. The third kappa shape index (κ3) is 2.44. The van der Waals surface area contributed by atoms with Gasteiger partial charge in [0, 0.05) is 11.9 Å². The van der Waals surface area contributed by atoms with Crippen LogP contribution in [-0.2, 0) is 0 Å². The van der Waals surface area contributed by atoms with Crippen molar-refractivity contribution in [3.05, 3.63) is 10.4 Å². The monoisotopic (exact) mass is 320 g/mol. The number of aromatic nitrogens is 2. The maximum atomic E-state index is 6.05. The normalized spacial score (nSPS) is 27.4. The summed E-state index contributed by atoms with van der Waals surface area (Å²) in [7, 11) is 0. The molecule has 2 aliphatic carbocycles.